The van der Waals surface area contributed by atoms with Crippen LogP contribution in [0.5, 0.6) is 0 Å². The van der Waals surface area contributed by atoms with Gasteiger partial charge in [0.1, 0.15) is 5.54 Å². The standard InChI is InChI=1S/C15H20N4O2.ClH/c1-4-20-11-8-15(16,14(11,2)3)13-18-12(19-21-13)10-6-5-7-17-9-10;/h5-7,9,11H,4,8,16H2,1-3H3;1H. The highest BCUT2D eigenvalue weighted by Crippen LogP contribution is 2.55. The lowest BCUT2D eigenvalue weighted by molar-refractivity contribution is -0.162. The zero-order chi connectivity index (χ0) is 15.1. The lowest BCUT2D eigenvalue weighted by atomic mass is 9.54. The van der Waals surface area contributed by atoms with Gasteiger partial charge in [0.2, 0.25) is 11.7 Å². The zero-order valence-electron chi connectivity index (χ0n) is 12.9. The van der Waals surface area contributed by atoms with E-state index in [0.717, 1.165) is 5.56 Å². The van der Waals surface area contributed by atoms with E-state index in [1.807, 2.05) is 19.1 Å². The first-order valence-corrected chi connectivity index (χ1v) is 7.14. The molecular weight excluding hydrogens is 304 g/mol. The fourth-order valence-electron chi connectivity index (χ4n) is 2.82. The van der Waals surface area contributed by atoms with Crippen molar-refractivity contribution in [2.75, 3.05) is 6.61 Å². The van der Waals surface area contributed by atoms with Crippen molar-refractivity contribution >= 4 is 12.4 Å². The van der Waals surface area contributed by atoms with E-state index in [1.165, 1.54) is 0 Å². The van der Waals surface area contributed by atoms with E-state index in [-0.39, 0.29) is 23.9 Å². The molecule has 2 heterocycles. The number of hydrogen-bond acceptors (Lipinski definition) is 6. The average Bonchev–Trinajstić information content (AvgIpc) is 2.98. The van der Waals surface area contributed by atoms with Crippen LogP contribution in [0.4, 0.5) is 0 Å². The summed E-state index contributed by atoms with van der Waals surface area (Å²) in [5, 5.41) is 4.02. The third kappa shape index (κ3) is 2.41. The van der Waals surface area contributed by atoms with E-state index in [4.69, 9.17) is 15.0 Å². The summed E-state index contributed by atoms with van der Waals surface area (Å²) in [5.74, 6) is 0.973. The van der Waals surface area contributed by atoms with E-state index < -0.39 is 5.54 Å². The largest absolute Gasteiger partial charge is 0.378 e. The van der Waals surface area contributed by atoms with Crippen molar-refractivity contribution in [1.82, 2.24) is 15.1 Å². The fourth-order valence-corrected chi connectivity index (χ4v) is 2.82. The number of halogens is 1. The molecule has 1 saturated carbocycles. The molecule has 120 valence electrons. The second-order valence-corrected chi connectivity index (χ2v) is 6.01. The summed E-state index contributed by atoms with van der Waals surface area (Å²) in [6.45, 7) is 6.81. The summed E-state index contributed by atoms with van der Waals surface area (Å²) < 4.78 is 11.1. The molecule has 1 aliphatic rings. The van der Waals surface area contributed by atoms with Gasteiger partial charge < -0.3 is 15.0 Å². The molecule has 0 amide bonds. The second-order valence-electron chi connectivity index (χ2n) is 6.01. The van der Waals surface area contributed by atoms with Crippen molar-refractivity contribution in [3.63, 3.8) is 0 Å². The zero-order valence-corrected chi connectivity index (χ0v) is 13.8. The lowest BCUT2D eigenvalue weighted by Crippen LogP contribution is -2.67. The molecule has 22 heavy (non-hydrogen) atoms. The molecule has 0 bridgehead atoms. The Morgan fingerprint density at radius 3 is 2.82 bits per heavy atom. The molecule has 2 N–H and O–H groups in total. The van der Waals surface area contributed by atoms with Crippen molar-refractivity contribution in [3.05, 3.63) is 30.4 Å². The molecule has 0 saturated heterocycles. The van der Waals surface area contributed by atoms with Crippen molar-refractivity contribution in [3.8, 4) is 11.4 Å². The van der Waals surface area contributed by atoms with E-state index in [0.29, 0.717) is 24.7 Å². The molecule has 2 atom stereocenters. The molecule has 2 unspecified atom stereocenters. The van der Waals surface area contributed by atoms with Gasteiger partial charge in [-0.1, -0.05) is 19.0 Å². The second kappa shape index (κ2) is 5.95. The van der Waals surface area contributed by atoms with Crippen LogP contribution in [0.25, 0.3) is 11.4 Å². The van der Waals surface area contributed by atoms with Crippen molar-refractivity contribution in [1.29, 1.82) is 0 Å². The molecule has 2 aromatic rings. The monoisotopic (exact) mass is 324 g/mol. The van der Waals surface area contributed by atoms with Crippen molar-refractivity contribution < 1.29 is 9.26 Å². The Kier molecular flexibility index (Phi) is 4.56. The SMILES string of the molecule is CCOC1CC(N)(c2nc(-c3cccnc3)no2)C1(C)C.Cl. The first-order valence-electron chi connectivity index (χ1n) is 7.14. The number of pyridine rings is 1. The van der Waals surface area contributed by atoms with Crippen LogP contribution >= 0.6 is 12.4 Å². The van der Waals surface area contributed by atoms with Gasteiger partial charge in [-0.3, -0.25) is 4.98 Å². The van der Waals surface area contributed by atoms with Gasteiger partial charge in [-0.2, -0.15) is 4.98 Å². The third-order valence-corrected chi connectivity index (χ3v) is 4.56. The van der Waals surface area contributed by atoms with Crippen molar-refractivity contribution in [2.24, 2.45) is 11.1 Å². The van der Waals surface area contributed by atoms with E-state index in [1.54, 1.807) is 12.4 Å². The predicted octanol–water partition coefficient (Wildman–Crippen LogP) is 2.54. The number of nitrogens with two attached hydrogens (primary N) is 1. The normalized spacial score (nSPS) is 26.1. The van der Waals surface area contributed by atoms with Crippen LogP contribution in [0.2, 0.25) is 0 Å². The molecule has 0 aliphatic heterocycles. The van der Waals surface area contributed by atoms with Crippen LogP contribution in [0.1, 0.15) is 33.1 Å². The number of rotatable bonds is 4. The average molecular weight is 325 g/mol. The summed E-state index contributed by atoms with van der Waals surface area (Å²) in [6, 6.07) is 3.72. The number of hydrogen-bond donors (Lipinski definition) is 1. The Bertz CT molecular complexity index is 631. The predicted molar refractivity (Wildman–Crippen MR) is 84.5 cm³/mol. The molecule has 2 aromatic heterocycles. The molecule has 7 heteroatoms. The highest BCUT2D eigenvalue weighted by Gasteiger charge is 2.62. The van der Waals surface area contributed by atoms with Gasteiger partial charge in [-0.15, -0.1) is 12.4 Å². The van der Waals surface area contributed by atoms with E-state index in [9.17, 15) is 0 Å². The van der Waals surface area contributed by atoms with Crippen molar-refractivity contribution in [2.45, 2.75) is 38.8 Å². The van der Waals surface area contributed by atoms with Gasteiger partial charge in [0.15, 0.2) is 0 Å². The smallest absolute Gasteiger partial charge is 0.247 e. The van der Waals surface area contributed by atoms with Crippen LogP contribution in [-0.4, -0.2) is 27.8 Å². The van der Waals surface area contributed by atoms with Gasteiger partial charge in [0, 0.05) is 36.4 Å². The Balaban J connectivity index is 0.00000176. The summed E-state index contributed by atoms with van der Waals surface area (Å²) in [6.07, 6.45) is 4.20. The van der Waals surface area contributed by atoms with E-state index >= 15 is 0 Å². The molecule has 3 rings (SSSR count). The maximum Gasteiger partial charge on any atom is 0.247 e. The third-order valence-electron chi connectivity index (χ3n) is 4.56. The van der Waals surface area contributed by atoms with Crippen LogP contribution in [0.15, 0.2) is 29.0 Å². The minimum Gasteiger partial charge on any atom is -0.378 e. The van der Waals surface area contributed by atoms with Crippen LogP contribution in [0.3, 0.4) is 0 Å². The summed E-state index contributed by atoms with van der Waals surface area (Å²) >= 11 is 0. The first kappa shape index (κ1) is 16.9. The summed E-state index contributed by atoms with van der Waals surface area (Å²) in [4.78, 5) is 8.52. The Hall–Kier alpha value is -1.50. The maximum absolute atomic E-state index is 6.52. The highest BCUT2D eigenvalue weighted by atomic mass is 35.5. The fraction of sp³-hybridized carbons (Fsp3) is 0.533. The van der Waals surface area contributed by atoms with Gasteiger partial charge in [-0.25, -0.2) is 0 Å². The lowest BCUT2D eigenvalue weighted by Gasteiger charge is -2.56. The summed E-state index contributed by atoms with van der Waals surface area (Å²) in [7, 11) is 0. The van der Waals surface area contributed by atoms with E-state index in [2.05, 4.69) is 29.0 Å². The molecule has 1 aliphatic carbocycles. The van der Waals surface area contributed by atoms with Gasteiger partial charge in [0.05, 0.1) is 6.10 Å². The topological polar surface area (TPSA) is 87.1 Å². The molecular formula is C15H21ClN4O2. The molecule has 1 fully saturated rings. The molecule has 6 nitrogen and oxygen atoms in total. The molecule has 0 radical (unpaired) electrons. The number of nitrogens with zero attached hydrogens (tertiary/aromatic N) is 3. The summed E-state index contributed by atoms with van der Waals surface area (Å²) in [5.41, 5.74) is 6.44. The number of ether oxygens (including phenoxy) is 1. The highest BCUT2D eigenvalue weighted by molar-refractivity contribution is 5.85. The molecule has 0 spiro atoms. The maximum atomic E-state index is 6.52. The van der Waals surface area contributed by atoms with Crippen LogP contribution in [-0.2, 0) is 10.3 Å². The first-order chi connectivity index (χ1) is 9.99. The Labute approximate surface area is 135 Å². The minimum atomic E-state index is -0.652. The quantitative estimate of drug-likeness (QED) is 0.930. The Morgan fingerprint density at radius 1 is 1.45 bits per heavy atom. The number of aromatic nitrogens is 3. The molecule has 0 aromatic carbocycles. The van der Waals surface area contributed by atoms with Crippen LogP contribution in [0, 0.1) is 5.41 Å². The van der Waals surface area contributed by atoms with Crippen LogP contribution < -0.4 is 5.73 Å². The Morgan fingerprint density at radius 2 is 2.23 bits per heavy atom. The van der Waals surface area contributed by atoms with Gasteiger partial charge in [0.25, 0.3) is 0 Å². The minimum absolute atomic E-state index is 0. The van der Waals surface area contributed by atoms with Gasteiger partial charge >= 0.3 is 0 Å². The van der Waals surface area contributed by atoms with Gasteiger partial charge in [-0.05, 0) is 19.1 Å².